The van der Waals surface area contributed by atoms with Gasteiger partial charge in [-0.1, -0.05) is 13.8 Å². The van der Waals surface area contributed by atoms with Gasteiger partial charge in [0.05, 0.1) is 17.9 Å². The van der Waals surface area contributed by atoms with Crippen LogP contribution >= 0.6 is 0 Å². The molecule has 0 aliphatic carbocycles. The molecule has 0 fully saturated rings. The number of hydrogen-bond acceptors (Lipinski definition) is 4. The Kier molecular flexibility index (Phi) is 3.89. The van der Waals surface area contributed by atoms with Crippen molar-refractivity contribution in [3.05, 3.63) is 41.2 Å². The summed E-state index contributed by atoms with van der Waals surface area (Å²) >= 11 is 0. The molecule has 2 heterocycles. The molecule has 2 rings (SSSR count). The first-order valence-electron chi connectivity index (χ1n) is 6.23. The van der Waals surface area contributed by atoms with E-state index in [4.69, 9.17) is 5.11 Å². The second-order valence-electron chi connectivity index (χ2n) is 4.18. The van der Waals surface area contributed by atoms with Crippen molar-refractivity contribution in [3.8, 4) is 0 Å². The fraction of sp³-hybridized carbons (Fsp3) is 0.385. The highest BCUT2D eigenvalue weighted by molar-refractivity contribution is 5.88. The highest BCUT2D eigenvalue weighted by Gasteiger charge is 2.14. The molecule has 0 amide bonds. The number of aromatic nitrogens is 4. The first-order chi connectivity index (χ1) is 9.15. The largest absolute Gasteiger partial charge is 0.478 e. The van der Waals surface area contributed by atoms with Gasteiger partial charge in [0.15, 0.2) is 0 Å². The number of nitrogens with zero attached hydrogens (tertiary/aromatic N) is 4. The average Bonchev–Trinajstić information content (AvgIpc) is 2.81. The summed E-state index contributed by atoms with van der Waals surface area (Å²) in [6.07, 6.45) is 4.38. The number of carboxylic acids is 1. The van der Waals surface area contributed by atoms with E-state index in [1.807, 2.05) is 24.6 Å². The summed E-state index contributed by atoms with van der Waals surface area (Å²) in [7, 11) is 0. The quantitative estimate of drug-likeness (QED) is 0.882. The van der Waals surface area contributed by atoms with Crippen LogP contribution in [0.25, 0.3) is 0 Å². The molecule has 0 radical (unpaired) electrons. The van der Waals surface area contributed by atoms with Gasteiger partial charge in [0, 0.05) is 11.9 Å². The second-order valence-corrected chi connectivity index (χ2v) is 4.18. The van der Waals surface area contributed by atoms with Crippen molar-refractivity contribution in [1.29, 1.82) is 0 Å². The second kappa shape index (κ2) is 5.60. The maximum absolute atomic E-state index is 11.1. The Morgan fingerprint density at radius 3 is 2.79 bits per heavy atom. The number of carboxylic acid groups (broad SMARTS) is 1. The van der Waals surface area contributed by atoms with Crippen LogP contribution in [0.2, 0.25) is 0 Å². The molecule has 19 heavy (non-hydrogen) atoms. The number of aromatic carboxylic acids is 1. The van der Waals surface area contributed by atoms with E-state index in [-0.39, 0.29) is 5.56 Å². The van der Waals surface area contributed by atoms with Crippen molar-refractivity contribution in [2.24, 2.45) is 0 Å². The lowest BCUT2D eigenvalue weighted by atomic mass is 10.2. The molecule has 0 aliphatic heterocycles. The Balaban J connectivity index is 2.35. The molecule has 0 aliphatic rings. The van der Waals surface area contributed by atoms with Crippen LogP contribution in [-0.4, -0.2) is 30.8 Å². The molecule has 0 aromatic carbocycles. The van der Waals surface area contributed by atoms with Crippen LogP contribution < -0.4 is 0 Å². The lowest BCUT2D eigenvalue weighted by Gasteiger charge is -2.07. The lowest BCUT2D eigenvalue weighted by Crippen LogP contribution is -2.12. The molecule has 100 valence electrons. The van der Waals surface area contributed by atoms with Crippen molar-refractivity contribution in [1.82, 2.24) is 19.7 Å². The number of aryl methyl sites for hydroxylation is 2. The molecule has 2 aromatic heterocycles. The minimum Gasteiger partial charge on any atom is -0.478 e. The standard InChI is InChI=1S/C13H16N4O2/c1-3-9-5-10(4-2)17(16-9)7-12-11(13(18)19)6-14-8-15-12/h5-6,8H,3-4,7H2,1-2H3,(H,18,19). The summed E-state index contributed by atoms with van der Waals surface area (Å²) in [6.45, 7) is 4.44. The third-order valence-electron chi connectivity index (χ3n) is 2.96. The van der Waals surface area contributed by atoms with Crippen LogP contribution in [0, 0.1) is 0 Å². The Labute approximate surface area is 111 Å². The minimum absolute atomic E-state index is 0.123. The van der Waals surface area contributed by atoms with Gasteiger partial charge in [0.2, 0.25) is 0 Å². The number of hydrogen-bond donors (Lipinski definition) is 1. The van der Waals surface area contributed by atoms with E-state index in [2.05, 4.69) is 15.1 Å². The minimum atomic E-state index is -1.02. The van der Waals surface area contributed by atoms with E-state index in [0.29, 0.717) is 12.2 Å². The molecular formula is C13H16N4O2. The number of rotatable bonds is 5. The van der Waals surface area contributed by atoms with Crippen LogP contribution in [0.4, 0.5) is 0 Å². The summed E-state index contributed by atoms with van der Waals surface area (Å²) in [4.78, 5) is 18.9. The maximum atomic E-state index is 11.1. The Hall–Kier alpha value is -2.24. The average molecular weight is 260 g/mol. The lowest BCUT2D eigenvalue weighted by molar-refractivity contribution is 0.0694. The molecule has 2 aromatic rings. The third-order valence-corrected chi connectivity index (χ3v) is 2.96. The summed E-state index contributed by atoms with van der Waals surface area (Å²) in [5, 5.41) is 13.6. The van der Waals surface area contributed by atoms with E-state index in [0.717, 1.165) is 24.2 Å². The molecule has 6 heteroatoms. The first kappa shape index (κ1) is 13.2. The van der Waals surface area contributed by atoms with Gasteiger partial charge in [-0.2, -0.15) is 5.10 Å². The van der Waals surface area contributed by atoms with Gasteiger partial charge in [-0.25, -0.2) is 14.8 Å². The van der Waals surface area contributed by atoms with Crippen LogP contribution in [0.3, 0.4) is 0 Å². The predicted octanol–water partition coefficient (Wildman–Crippen LogP) is 1.54. The summed E-state index contributed by atoms with van der Waals surface area (Å²) in [5.74, 6) is -1.02. The topological polar surface area (TPSA) is 80.9 Å². The van der Waals surface area contributed by atoms with Gasteiger partial charge in [-0.15, -0.1) is 0 Å². The third kappa shape index (κ3) is 2.78. The van der Waals surface area contributed by atoms with Crippen LogP contribution in [0.15, 0.2) is 18.6 Å². The van der Waals surface area contributed by atoms with Gasteiger partial charge >= 0.3 is 5.97 Å². The molecule has 0 saturated carbocycles. The van der Waals surface area contributed by atoms with Crippen LogP contribution in [0.1, 0.15) is 41.3 Å². The summed E-state index contributed by atoms with van der Waals surface area (Å²) in [5.41, 5.74) is 2.68. The van der Waals surface area contributed by atoms with E-state index in [1.165, 1.54) is 12.5 Å². The van der Waals surface area contributed by atoms with Gasteiger partial charge < -0.3 is 5.11 Å². The van der Waals surface area contributed by atoms with Crippen molar-refractivity contribution < 1.29 is 9.90 Å². The highest BCUT2D eigenvalue weighted by Crippen LogP contribution is 2.11. The zero-order valence-corrected chi connectivity index (χ0v) is 11.0. The van der Waals surface area contributed by atoms with E-state index in [9.17, 15) is 4.79 Å². The van der Waals surface area contributed by atoms with Crippen LogP contribution in [-0.2, 0) is 19.4 Å². The Bertz CT molecular complexity index is 592. The van der Waals surface area contributed by atoms with Gasteiger partial charge in [-0.05, 0) is 18.9 Å². The van der Waals surface area contributed by atoms with Gasteiger partial charge in [0.1, 0.15) is 11.9 Å². The molecule has 0 bridgehead atoms. The fourth-order valence-electron chi connectivity index (χ4n) is 1.91. The summed E-state index contributed by atoms with van der Waals surface area (Å²) in [6, 6.07) is 2.04. The fourth-order valence-corrected chi connectivity index (χ4v) is 1.91. The van der Waals surface area contributed by atoms with E-state index >= 15 is 0 Å². The van der Waals surface area contributed by atoms with E-state index < -0.39 is 5.97 Å². The monoisotopic (exact) mass is 260 g/mol. The molecule has 6 nitrogen and oxygen atoms in total. The normalized spacial score (nSPS) is 10.6. The zero-order valence-electron chi connectivity index (χ0n) is 11.0. The smallest absolute Gasteiger partial charge is 0.339 e. The first-order valence-corrected chi connectivity index (χ1v) is 6.23. The maximum Gasteiger partial charge on any atom is 0.339 e. The Morgan fingerprint density at radius 1 is 1.37 bits per heavy atom. The molecule has 0 spiro atoms. The van der Waals surface area contributed by atoms with Crippen molar-refractivity contribution in [2.45, 2.75) is 33.2 Å². The summed E-state index contributed by atoms with van der Waals surface area (Å²) < 4.78 is 1.81. The van der Waals surface area contributed by atoms with Gasteiger partial charge in [0.25, 0.3) is 0 Å². The van der Waals surface area contributed by atoms with Crippen molar-refractivity contribution in [2.75, 3.05) is 0 Å². The van der Waals surface area contributed by atoms with Crippen molar-refractivity contribution >= 4 is 5.97 Å². The Morgan fingerprint density at radius 2 is 2.16 bits per heavy atom. The predicted molar refractivity (Wildman–Crippen MR) is 69.1 cm³/mol. The molecule has 0 unspecified atom stereocenters. The molecular weight excluding hydrogens is 244 g/mol. The van der Waals surface area contributed by atoms with Crippen LogP contribution in [0.5, 0.6) is 0 Å². The molecule has 0 saturated heterocycles. The van der Waals surface area contributed by atoms with Crippen molar-refractivity contribution in [3.63, 3.8) is 0 Å². The highest BCUT2D eigenvalue weighted by atomic mass is 16.4. The molecule has 1 N–H and O–H groups in total. The zero-order chi connectivity index (χ0) is 13.8. The number of carbonyl (C=O) groups is 1. The SMILES string of the molecule is CCc1cc(CC)n(Cc2ncncc2C(=O)O)n1. The molecule has 0 atom stereocenters. The van der Waals surface area contributed by atoms with Gasteiger partial charge in [-0.3, -0.25) is 4.68 Å². The van der Waals surface area contributed by atoms with E-state index in [1.54, 1.807) is 0 Å².